The zero-order chi connectivity index (χ0) is 9.68. The molecule has 0 unspecified atom stereocenters. The first-order chi connectivity index (χ1) is 6.26. The van der Waals surface area contributed by atoms with Crippen molar-refractivity contribution in [1.29, 1.82) is 0 Å². The summed E-state index contributed by atoms with van der Waals surface area (Å²) >= 11 is 0. The maximum absolute atomic E-state index is 11.1. The van der Waals surface area contributed by atoms with Crippen LogP contribution in [0.1, 0.15) is 19.0 Å². The second kappa shape index (κ2) is 4.45. The lowest BCUT2D eigenvalue weighted by Gasteiger charge is -1.96. The minimum Gasteiger partial charge on any atom is -0.309 e. The molecule has 4 nitrogen and oxygen atoms in total. The Kier molecular flexibility index (Phi) is 3.25. The third-order valence-corrected chi connectivity index (χ3v) is 1.61. The SMILES string of the molecule is C=CCC(=O)Nc1cc(CC)[nH]n1. The molecule has 0 saturated heterocycles. The van der Waals surface area contributed by atoms with Crippen LogP contribution in [0.5, 0.6) is 0 Å². The number of aromatic nitrogens is 2. The molecule has 0 spiro atoms. The highest BCUT2D eigenvalue weighted by atomic mass is 16.1. The summed E-state index contributed by atoms with van der Waals surface area (Å²) in [5.74, 6) is 0.479. The van der Waals surface area contributed by atoms with Gasteiger partial charge in [0, 0.05) is 18.2 Å². The number of amides is 1. The summed E-state index contributed by atoms with van der Waals surface area (Å²) in [6, 6.07) is 1.82. The Balaban J connectivity index is 2.53. The molecule has 1 amide bonds. The van der Waals surface area contributed by atoms with E-state index in [0.29, 0.717) is 12.2 Å². The number of hydrogen-bond acceptors (Lipinski definition) is 2. The normalized spacial score (nSPS) is 9.62. The lowest BCUT2D eigenvalue weighted by Crippen LogP contribution is -2.09. The van der Waals surface area contributed by atoms with Crippen LogP contribution in [0.3, 0.4) is 0 Å². The number of aromatic amines is 1. The molecule has 0 fully saturated rings. The molecule has 1 aromatic rings. The molecule has 1 aromatic heterocycles. The highest BCUT2D eigenvalue weighted by molar-refractivity contribution is 5.90. The molecule has 0 radical (unpaired) electrons. The van der Waals surface area contributed by atoms with Gasteiger partial charge in [0.15, 0.2) is 5.82 Å². The van der Waals surface area contributed by atoms with Gasteiger partial charge in [-0.3, -0.25) is 9.89 Å². The quantitative estimate of drug-likeness (QED) is 0.688. The van der Waals surface area contributed by atoms with Crippen molar-refractivity contribution < 1.29 is 4.79 Å². The van der Waals surface area contributed by atoms with Gasteiger partial charge in [-0.2, -0.15) is 5.10 Å². The van der Waals surface area contributed by atoms with E-state index in [4.69, 9.17) is 0 Å². The highest BCUT2D eigenvalue weighted by Crippen LogP contribution is 2.05. The Morgan fingerprint density at radius 3 is 3.15 bits per heavy atom. The molecule has 0 aromatic carbocycles. The summed E-state index contributed by atoms with van der Waals surface area (Å²) in [6.45, 7) is 5.49. The maximum atomic E-state index is 11.1. The summed E-state index contributed by atoms with van der Waals surface area (Å²) in [7, 11) is 0. The van der Waals surface area contributed by atoms with Crippen LogP contribution >= 0.6 is 0 Å². The molecule has 0 aliphatic rings. The monoisotopic (exact) mass is 179 g/mol. The number of carbonyl (C=O) groups is 1. The number of nitrogens with one attached hydrogen (secondary N) is 2. The van der Waals surface area contributed by atoms with Crippen molar-refractivity contribution in [3.05, 3.63) is 24.4 Å². The topological polar surface area (TPSA) is 57.8 Å². The summed E-state index contributed by atoms with van der Waals surface area (Å²) < 4.78 is 0. The fourth-order valence-corrected chi connectivity index (χ4v) is 0.932. The van der Waals surface area contributed by atoms with E-state index in [2.05, 4.69) is 22.1 Å². The van der Waals surface area contributed by atoms with Crippen molar-refractivity contribution in [2.45, 2.75) is 19.8 Å². The molecule has 13 heavy (non-hydrogen) atoms. The molecule has 4 heteroatoms. The van der Waals surface area contributed by atoms with Crippen molar-refractivity contribution in [3.8, 4) is 0 Å². The van der Waals surface area contributed by atoms with E-state index in [1.54, 1.807) is 6.08 Å². The van der Waals surface area contributed by atoms with Gasteiger partial charge in [0.05, 0.1) is 0 Å². The number of carbonyl (C=O) groups excluding carboxylic acids is 1. The average Bonchev–Trinajstić information content (AvgIpc) is 2.52. The minimum atomic E-state index is -0.0934. The smallest absolute Gasteiger partial charge is 0.229 e. The number of nitrogens with zero attached hydrogens (tertiary/aromatic N) is 1. The van der Waals surface area contributed by atoms with Crippen LogP contribution in [-0.2, 0) is 11.2 Å². The third kappa shape index (κ3) is 2.74. The molecule has 1 heterocycles. The fraction of sp³-hybridized carbons (Fsp3) is 0.333. The highest BCUT2D eigenvalue weighted by Gasteiger charge is 2.02. The summed E-state index contributed by atoms with van der Waals surface area (Å²) in [6.07, 6.45) is 2.75. The predicted molar refractivity (Wildman–Crippen MR) is 51.4 cm³/mol. The molecule has 2 N–H and O–H groups in total. The van der Waals surface area contributed by atoms with Crippen molar-refractivity contribution in [2.75, 3.05) is 5.32 Å². The van der Waals surface area contributed by atoms with Crippen molar-refractivity contribution in [2.24, 2.45) is 0 Å². The van der Waals surface area contributed by atoms with Gasteiger partial charge >= 0.3 is 0 Å². The first-order valence-corrected chi connectivity index (χ1v) is 4.21. The lowest BCUT2D eigenvalue weighted by atomic mass is 10.3. The molecule has 0 atom stereocenters. The summed E-state index contributed by atoms with van der Waals surface area (Å²) in [5.41, 5.74) is 1.01. The Labute approximate surface area is 77.0 Å². The van der Waals surface area contributed by atoms with Gasteiger partial charge in [-0.25, -0.2) is 0 Å². The number of hydrogen-bond donors (Lipinski definition) is 2. The molecular weight excluding hydrogens is 166 g/mol. The van der Waals surface area contributed by atoms with Crippen LogP contribution in [0.25, 0.3) is 0 Å². The van der Waals surface area contributed by atoms with Gasteiger partial charge in [-0.15, -0.1) is 6.58 Å². The fourth-order valence-electron chi connectivity index (χ4n) is 0.932. The van der Waals surface area contributed by atoms with E-state index in [-0.39, 0.29) is 5.91 Å². The van der Waals surface area contributed by atoms with Crippen molar-refractivity contribution in [3.63, 3.8) is 0 Å². The largest absolute Gasteiger partial charge is 0.309 e. The van der Waals surface area contributed by atoms with E-state index < -0.39 is 0 Å². The first kappa shape index (κ1) is 9.51. The molecule has 0 aliphatic carbocycles. The van der Waals surface area contributed by atoms with Gasteiger partial charge in [0.25, 0.3) is 0 Å². The number of aryl methyl sites for hydroxylation is 1. The Morgan fingerprint density at radius 1 is 1.85 bits per heavy atom. The van der Waals surface area contributed by atoms with E-state index in [1.165, 1.54) is 0 Å². The van der Waals surface area contributed by atoms with E-state index in [0.717, 1.165) is 12.1 Å². The molecule has 1 rings (SSSR count). The van der Waals surface area contributed by atoms with Gasteiger partial charge in [-0.1, -0.05) is 13.0 Å². The van der Waals surface area contributed by atoms with Crippen LogP contribution in [0, 0.1) is 0 Å². The second-order valence-corrected chi connectivity index (χ2v) is 2.67. The zero-order valence-electron chi connectivity index (χ0n) is 7.63. The zero-order valence-corrected chi connectivity index (χ0v) is 7.63. The van der Waals surface area contributed by atoms with Gasteiger partial charge in [0.2, 0.25) is 5.91 Å². The second-order valence-electron chi connectivity index (χ2n) is 2.67. The van der Waals surface area contributed by atoms with E-state index in [1.807, 2.05) is 13.0 Å². The van der Waals surface area contributed by atoms with Crippen LogP contribution in [0.2, 0.25) is 0 Å². The Morgan fingerprint density at radius 2 is 2.62 bits per heavy atom. The average molecular weight is 179 g/mol. The molecule has 0 saturated carbocycles. The number of anilines is 1. The number of H-pyrrole nitrogens is 1. The maximum Gasteiger partial charge on any atom is 0.229 e. The predicted octanol–water partition coefficient (Wildman–Crippen LogP) is 1.49. The molecule has 0 bridgehead atoms. The van der Waals surface area contributed by atoms with Gasteiger partial charge in [-0.05, 0) is 6.42 Å². The van der Waals surface area contributed by atoms with Crippen LogP contribution in [0.4, 0.5) is 5.82 Å². The Hall–Kier alpha value is -1.58. The molecule has 0 aliphatic heterocycles. The van der Waals surface area contributed by atoms with E-state index >= 15 is 0 Å². The van der Waals surface area contributed by atoms with E-state index in [9.17, 15) is 4.79 Å². The van der Waals surface area contributed by atoms with Gasteiger partial charge < -0.3 is 5.32 Å². The van der Waals surface area contributed by atoms with Crippen LogP contribution < -0.4 is 5.32 Å². The number of rotatable bonds is 4. The Bertz CT molecular complexity index is 304. The van der Waals surface area contributed by atoms with Crippen molar-refractivity contribution >= 4 is 11.7 Å². The first-order valence-electron chi connectivity index (χ1n) is 4.21. The minimum absolute atomic E-state index is 0.0934. The van der Waals surface area contributed by atoms with Crippen LogP contribution in [-0.4, -0.2) is 16.1 Å². The summed E-state index contributed by atoms with van der Waals surface area (Å²) in [5, 5.41) is 9.38. The lowest BCUT2D eigenvalue weighted by molar-refractivity contribution is -0.115. The standard InChI is InChI=1S/C9H13N3O/c1-3-5-9(13)10-8-6-7(4-2)11-12-8/h3,6H,1,4-5H2,2H3,(H2,10,11,12,13). The molecular formula is C9H13N3O. The van der Waals surface area contributed by atoms with Gasteiger partial charge in [0.1, 0.15) is 0 Å². The molecule has 70 valence electrons. The third-order valence-electron chi connectivity index (χ3n) is 1.61. The summed E-state index contributed by atoms with van der Waals surface area (Å²) in [4.78, 5) is 11.1. The van der Waals surface area contributed by atoms with Crippen LogP contribution in [0.15, 0.2) is 18.7 Å². The van der Waals surface area contributed by atoms with Crippen molar-refractivity contribution in [1.82, 2.24) is 10.2 Å².